The fraction of sp³-hybridized carbons (Fsp3) is 0.100. The second-order valence-electron chi connectivity index (χ2n) is 3.49. The Kier molecular flexibility index (Phi) is 2.76. The van der Waals surface area contributed by atoms with Crippen molar-refractivity contribution in [3.8, 4) is 11.4 Å². The van der Waals surface area contributed by atoms with Crippen LogP contribution in [0.4, 0.5) is 0 Å². The highest BCUT2D eigenvalue weighted by atomic mass is 16.4. The summed E-state index contributed by atoms with van der Waals surface area (Å²) < 4.78 is 1.37. The first kappa shape index (κ1) is 11.7. The van der Waals surface area contributed by atoms with Gasteiger partial charge in [-0.05, 0) is 0 Å². The molecular weight excluding hydrogens is 238 g/mol. The second-order valence-corrected chi connectivity index (χ2v) is 3.49. The summed E-state index contributed by atoms with van der Waals surface area (Å²) in [6, 6.07) is 1.37. The van der Waals surface area contributed by atoms with Gasteiger partial charge < -0.3 is 10.8 Å². The average Bonchev–Trinajstić information content (AvgIpc) is 2.71. The molecule has 0 aromatic carbocycles. The minimum absolute atomic E-state index is 0.0411. The number of amides is 1. The molecule has 0 aliphatic heterocycles. The SMILES string of the molecule is Cn1nc(C(=O)O)cc1-c1cnc(C(N)=O)cn1. The zero-order valence-electron chi connectivity index (χ0n) is 9.36. The van der Waals surface area contributed by atoms with Crippen LogP contribution in [0.15, 0.2) is 18.5 Å². The van der Waals surface area contributed by atoms with Gasteiger partial charge in [-0.1, -0.05) is 0 Å². The van der Waals surface area contributed by atoms with Crippen LogP contribution in [0.25, 0.3) is 11.4 Å². The van der Waals surface area contributed by atoms with Crippen LogP contribution in [0.2, 0.25) is 0 Å². The van der Waals surface area contributed by atoms with Gasteiger partial charge in [0.2, 0.25) is 0 Å². The van der Waals surface area contributed by atoms with E-state index in [0.717, 1.165) is 0 Å². The van der Waals surface area contributed by atoms with Crippen molar-refractivity contribution in [2.24, 2.45) is 12.8 Å². The predicted octanol–water partition coefficient (Wildman–Crippen LogP) is -0.326. The van der Waals surface area contributed by atoms with Crippen molar-refractivity contribution in [2.45, 2.75) is 0 Å². The Labute approximate surface area is 101 Å². The normalized spacial score (nSPS) is 10.3. The van der Waals surface area contributed by atoms with Crippen LogP contribution < -0.4 is 5.73 Å². The molecule has 0 spiro atoms. The van der Waals surface area contributed by atoms with Crippen molar-refractivity contribution in [2.75, 3.05) is 0 Å². The number of hydrogen-bond acceptors (Lipinski definition) is 5. The van der Waals surface area contributed by atoms with Gasteiger partial charge in [0.05, 0.1) is 18.1 Å². The molecule has 8 nitrogen and oxygen atoms in total. The Hall–Kier alpha value is -2.77. The van der Waals surface area contributed by atoms with Crippen molar-refractivity contribution in [3.63, 3.8) is 0 Å². The van der Waals surface area contributed by atoms with Gasteiger partial charge in [-0.15, -0.1) is 0 Å². The van der Waals surface area contributed by atoms with Crippen LogP contribution in [0.3, 0.4) is 0 Å². The Bertz CT molecular complexity index is 617. The first-order valence-electron chi connectivity index (χ1n) is 4.88. The van der Waals surface area contributed by atoms with Crippen LogP contribution in [0, 0.1) is 0 Å². The molecule has 18 heavy (non-hydrogen) atoms. The molecule has 8 heteroatoms. The van der Waals surface area contributed by atoms with Gasteiger partial charge in [-0.3, -0.25) is 14.5 Å². The van der Waals surface area contributed by atoms with E-state index in [2.05, 4.69) is 15.1 Å². The number of carbonyl (C=O) groups excluding carboxylic acids is 1. The number of aromatic carboxylic acids is 1. The van der Waals surface area contributed by atoms with E-state index in [1.165, 1.54) is 23.1 Å². The maximum atomic E-state index is 10.8. The molecule has 0 radical (unpaired) electrons. The van der Waals surface area contributed by atoms with E-state index in [-0.39, 0.29) is 11.4 Å². The van der Waals surface area contributed by atoms with E-state index < -0.39 is 11.9 Å². The van der Waals surface area contributed by atoms with Crippen LogP contribution in [-0.4, -0.2) is 36.7 Å². The van der Waals surface area contributed by atoms with E-state index in [1.807, 2.05) is 0 Å². The minimum atomic E-state index is -1.13. The molecular formula is C10H9N5O3. The molecule has 3 N–H and O–H groups in total. The van der Waals surface area contributed by atoms with Crippen LogP contribution in [-0.2, 0) is 7.05 Å². The van der Waals surface area contributed by atoms with E-state index >= 15 is 0 Å². The standard InChI is InChI=1S/C10H9N5O3/c1-15-8(2-5(14-15)10(17)18)6-3-13-7(4-12-6)9(11)16/h2-4H,1H3,(H2,11,16)(H,17,18). The summed E-state index contributed by atoms with van der Waals surface area (Å²) in [5, 5.41) is 12.6. The number of primary amides is 1. The first-order chi connectivity index (χ1) is 8.49. The molecule has 2 aromatic rings. The summed E-state index contributed by atoms with van der Waals surface area (Å²) >= 11 is 0. The highest BCUT2D eigenvalue weighted by molar-refractivity contribution is 5.90. The summed E-state index contributed by atoms with van der Waals surface area (Å²) in [6.45, 7) is 0. The lowest BCUT2D eigenvalue weighted by Gasteiger charge is -2.00. The van der Waals surface area contributed by atoms with Gasteiger partial charge in [0.25, 0.3) is 5.91 Å². The van der Waals surface area contributed by atoms with Crippen molar-refractivity contribution in [1.29, 1.82) is 0 Å². The fourth-order valence-corrected chi connectivity index (χ4v) is 1.40. The van der Waals surface area contributed by atoms with Crippen molar-refractivity contribution in [3.05, 3.63) is 29.8 Å². The van der Waals surface area contributed by atoms with Crippen molar-refractivity contribution < 1.29 is 14.7 Å². The van der Waals surface area contributed by atoms with Gasteiger partial charge in [0, 0.05) is 13.1 Å². The summed E-state index contributed by atoms with van der Waals surface area (Å²) in [4.78, 5) is 29.4. The average molecular weight is 247 g/mol. The van der Waals surface area contributed by atoms with E-state index in [4.69, 9.17) is 10.8 Å². The summed E-state index contributed by atoms with van der Waals surface area (Å²) in [6.07, 6.45) is 2.56. The highest BCUT2D eigenvalue weighted by Gasteiger charge is 2.14. The largest absolute Gasteiger partial charge is 0.476 e. The molecule has 0 saturated carbocycles. The summed E-state index contributed by atoms with van der Waals surface area (Å²) in [7, 11) is 1.59. The molecule has 0 aliphatic carbocycles. The lowest BCUT2D eigenvalue weighted by Crippen LogP contribution is -2.13. The number of rotatable bonds is 3. The second kappa shape index (κ2) is 4.24. The minimum Gasteiger partial charge on any atom is -0.476 e. The molecule has 0 saturated heterocycles. The zero-order valence-corrected chi connectivity index (χ0v) is 9.36. The number of aryl methyl sites for hydroxylation is 1. The smallest absolute Gasteiger partial charge is 0.356 e. The molecule has 0 atom stereocenters. The Balaban J connectivity index is 2.42. The third kappa shape index (κ3) is 2.03. The molecule has 0 bridgehead atoms. The zero-order chi connectivity index (χ0) is 13.3. The molecule has 2 aromatic heterocycles. The van der Waals surface area contributed by atoms with Gasteiger partial charge in [-0.2, -0.15) is 5.10 Å². The molecule has 92 valence electrons. The Morgan fingerprint density at radius 3 is 2.44 bits per heavy atom. The number of nitrogens with zero attached hydrogens (tertiary/aromatic N) is 4. The molecule has 0 unspecified atom stereocenters. The molecule has 2 rings (SSSR count). The number of hydrogen-bond donors (Lipinski definition) is 2. The molecule has 0 fully saturated rings. The molecule has 0 aliphatic rings. The van der Waals surface area contributed by atoms with Crippen LogP contribution >= 0.6 is 0 Å². The maximum absolute atomic E-state index is 10.8. The van der Waals surface area contributed by atoms with Crippen LogP contribution in [0.5, 0.6) is 0 Å². The summed E-state index contributed by atoms with van der Waals surface area (Å²) in [5.41, 5.74) is 5.88. The third-order valence-corrected chi connectivity index (χ3v) is 2.27. The Morgan fingerprint density at radius 1 is 1.28 bits per heavy atom. The topological polar surface area (TPSA) is 124 Å². The predicted molar refractivity (Wildman–Crippen MR) is 59.7 cm³/mol. The quantitative estimate of drug-likeness (QED) is 0.765. The third-order valence-electron chi connectivity index (χ3n) is 2.27. The fourth-order valence-electron chi connectivity index (χ4n) is 1.40. The van der Waals surface area contributed by atoms with E-state index in [0.29, 0.717) is 11.4 Å². The summed E-state index contributed by atoms with van der Waals surface area (Å²) in [5.74, 6) is -1.80. The van der Waals surface area contributed by atoms with Crippen molar-refractivity contribution in [1.82, 2.24) is 19.7 Å². The Morgan fingerprint density at radius 2 is 2.00 bits per heavy atom. The molecule has 1 amide bonds. The van der Waals surface area contributed by atoms with Crippen molar-refractivity contribution >= 4 is 11.9 Å². The molecule has 2 heterocycles. The number of carboxylic acids is 1. The van der Waals surface area contributed by atoms with Gasteiger partial charge in [-0.25, -0.2) is 9.78 Å². The monoisotopic (exact) mass is 247 g/mol. The van der Waals surface area contributed by atoms with Gasteiger partial charge >= 0.3 is 5.97 Å². The number of aromatic nitrogens is 4. The van der Waals surface area contributed by atoms with Crippen LogP contribution in [0.1, 0.15) is 21.0 Å². The highest BCUT2D eigenvalue weighted by Crippen LogP contribution is 2.16. The van der Waals surface area contributed by atoms with E-state index in [9.17, 15) is 9.59 Å². The number of nitrogens with two attached hydrogens (primary N) is 1. The lowest BCUT2D eigenvalue weighted by molar-refractivity contribution is 0.0689. The van der Waals surface area contributed by atoms with Gasteiger partial charge in [0.15, 0.2) is 5.69 Å². The number of carboxylic acid groups (broad SMARTS) is 1. The van der Waals surface area contributed by atoms with E-state index in [1.54, 1.807) is 7.05 Å². The number of carbonyl (C=O) groups is 2. The maximum Gasteiger partial charge on any atom is 0.356 e. The van der Waals surface area contributed by atoms with Gasteiger partial charge in [0.1, 0.15) is 11.4 Å². The lowest BCUT2D eigenvalue weighted by atomic mass is 10.3. The first-order valence-corrected chi connectivity index (χ1v) is 4.88.